The maximum Gasteiger partial charge on any atom is 0.255 e. The van der Waals surface area contributed by atoms with Crippen molar-refractivity contribution in [2.24, 2.45) is 7.05 Å². The monoisotopic (exact) mass is 369 g/mol. The van der Waals surface area contributed by atoms with Crippen LogP contribution in [0, 0.1) is 10.5 Å². The number of aromatic nitrogens is 2. The van der Waals surface area contributed by atoms with Crippen LogP contribution in [0.25, 0.3) is 0 Å². The highest BCUT2D eigenvalue weighted by Crippen LogP contribution is 2.18. The van der Waals surface area contributed by atoms with Gasteiger partial charge in [-0.2, -0.15) is 0 Å². The van der Waals surface area contributed by atoms with Crippen molar-refractivity contribution in [2.75, 3.05) is 7.05 Å². The summed E-state index contributed by atoms with van der Waals surface area (Å²) in [6, 6.07) is 5.79. The maximum absolute atomic E-state index is 12.4. The number of rotatable bonds is 3. The Morgan fingerprint density at radius 3 is 2.84 bits per heavy atom. The van der Waals surface area contributed by atoms with E-state index < -0.39 is 0 Å². The van der Waals surface area contributed by atoms with E-state index >= 15 is 0 Å². The molecule has 0 saturated heterocycles. The summed E-state index contributed by atoms with van der Waals surface area (Å²) in [5.41, 5.74) is 1.87. The SMILES string of the molecule is Cc1cccc(C(=O)N(C)Cc2nccn2C)c1I. The van der Waals surface area contributed by atoms with E-state index in [9.17, 15) is 4.79 Å². The standard InChI is InChI=1S/C14H16IN3O/c1-10-5-4-6-11(13(10)15)14(19)18(3)9-12-16-7-8-17(12)2/h4-8H,9H2,1-3H3. The van der Waals surface area contributed by atoms with Crippen LogP contribution in [-0.4, -0.2) is 27.4 Å². The Morgan fingerprint density at radius 1 is 1.47 bits per heavy atom. The van der Waals surface area contributed by atoms with E-state index in [4.69, 9.17) is 0 Å². The Kier molecular flexibility index (Phi) is 4.24. The molecule has 2 aromatic rings. The fourth-order valence-electron chi connectivity index (χ4n) is 1.85. The van der Waals surface area contributed by atoms with Crippen molar-refractivity contribution in [3.8, 4) is 0 Å². The second-order valence-corrected chi connectivity index (χ2v) is 5.63. The molecule has 0 N–H and O–H groups in total. The van der Waals surface area contributed by atoms with Crippen molar-refractivity contribution in [2.45, 2.75) is 13.5 Å². The highest BCUT2D eigenvalue weighted by Gasteiger charge is 2.17. The molecule has 0 fully saturated rings. The van der Waals surface area contributed by atoms with Gasteiger partial charge in [-0.15, -0.1) is 0 Å². The number of nitrogens with zero attached hydrogens (tertiary/aromatic N) is 3. The lowest BCUT2D eigenvalue weighted by molar-refractivity contribution is 0.0779. The molecule has 0 aliphatic carbocycles. The first-order valence-corrected chi connectivity index (χ1v) is 7.05. The average Bonchev–Trinajstić information content (AvgIpc) is 2.77. The topological polar surface area (TPSA) is 38.1 Å². The lowest BCUT2D eigenvalue weighted by atomic mass is 10.1. The molecule has 100 valence electrons. The Morgan fingerprint density at radius 2 is 2.21 bits per heavy atom. The van der Waals surface area contributed by atoms with Gasteiger partial charge in [-0.05, 0) is 41.1 Å². The van der Waals surface area contributed by atoms with Crippen LogP contribution in [0.5, 0.6) is 0 Å². The Bertz CT molecular complexity index is 606. The molecule has 0 aliphatic heterocycles. The Balaban J connectivity index is 2.20. The molecular formula is C14H16IN3O. The molecule has 0 atom stereocenters. The first-order chi connectivity index (χ1) is 9.00. The van der Waals surface area contributed by atoms with Crippen LogP contribution >= 0.6 is 22.6 Å². The molecule has 2 rings (SSSR count). The number of imidazole rings is 1. The van der Waals surface area contributed by atoms with Crippen LogP contribution in [0.1, 0.15) is 21.7 Å². The number of benzene rings is 1. The number of carbonyl (C=O) groups is 1. The molecule has 5 heteroatoms. The summed E-state index contributed by atoms with van der Waals surface area (Å²) in [6.07, 6.45) is 3.62. The van der Waals surface area contributed by atoms with Crippen LogP contribution in [0.3, 0.4) is 0 Å². The highest BCUT2D eigenvalue weighted by molar-refractivity contribution is 14.1. The molecule has 0 bridgehead atoms. The first kappa shape index (κ1) is 14.0. The minimum Gasteiger partial charge on any atom is -0.337 e. The van der Waals surface area contributed by atoms with Crippen LogP contribution in [0.4, 0.5) is 0 Å². The minimum atomic E-state index is 0.0242. The summed E-state index contributed by atoms with van der Waals surface area (Å²) in [7, 11) is 3.73. The second kappa shape index (κ2) is 5.73. The van der Waals surface area contributed by atoms with E-state index in [2.05, 4.69) is 27.6 Å². The molecule has 0 saturated carbocycles. The van der Waals surface area contributed by atoms with Crippen LogP contribution < -0.4 is 0 Å². The Hall–Kier alpha value is -1.37. The zero-order valence-electron chi connectivity index (χ0n) is 11.2. The van der Waals surface area contributed by atoms with E-state index in [1.54, 1.807) is 18.1 Å². The van der Waals surface area contributed by atoms with Gasteiger partial charge >= 0.3 is 0 Å². The number of hydrogen-bond acceptors (Lipinski definition) is 2. The number of amides is 1. The van der Waals surface area contributed by atoms with E-state index in [-0.39, 0.29) is 5.91 Å². The van der Waals surface area contributed by atoms with Crippen LogP contribution in [-0.2, 0) is 13.6 Å². The number of hydrogen-bond donors (Lipinski definition) is 0. The third-order valence-electron chi connectivity index (χ3n) is 3.07. The van der Waals surface area contributed by atoms with E-state index in [0.717, 1.165) is 20.5 Å². The summed E-state index contributed by atoms with van der Waals surface area (Å²) >= 11 is 2.22. The van der Waals surface area contributed by atoms with Gasteiger partial charge in [0.15, 0.2) is 0 Å². The minimum absolute atomic E-state index is 0.0242. The summed E-state index contributed by atoms with van der Waals surface area (Å²) in [5.74, 6) is 0.898. The predicted molar refractivity (Wildman–Crippen MR) is 82.9 cm³/mol. The van der Waals surface area contributed by atoms with Crippen molar-refractivity contribution >= 4 is 28.5 Å². The molecule has 1 heterocycles. The zero-order chi connectivity index (χ0) is 14.0. The van der Waals surface area contributed by atoms with Gasteiger partial charge in [-0.25, -0.2) is 4.98 Å². The van der Waals surface area contributed by atoms with Gasteiger partial charge in [0.1, 0.15) is 5.82 Å². The largest absolute Gasteiger partial charge is 0.337 e. The van der Waals surface area contributed by atoms with Gasteiger partial charge in [0.25, 0.3) is 5.91 Å². The molecule has 1 amide bonds. The predicted octanol–water partition coefficient (Wildman–Crippen LogP) is 2.61. The van der Waals surface area contributed by atoms with Crippen LogP contribution in [0.15, 0.2) is 30.6 Å². The van der Waals surface area contributed by atoms with Gasteiger partial charge in [0, 0.05) is 30.1 Å². The van der Waals surface area contributed by atoms with Gasteiger partial charge in [-0.3, -0.25) is 4.79 Å². The molecule has 0 unspecified atom stereocenters. The quantitative estimate of drug-likeness (QED) is 0.781. The molecule has 19 heavy (non-hydrogen) atoms. The van der Waals surface area contributed by atoms with Crippen molar-refractivity contribution in [3.05, 3.63) is 51.1 Å². The molecule has 4 nitrogen and oxygen atoms in total. The van der Waals surface area contributed by atoms with Crippen molar-refractivity contribution in [1.29, 1.82) is 0 Å². The highest BCUT2D eigenvalue weighted by atomic mass is 127. The Labute approximate surface area is 126 Å². The van der Waals surface area contributed by atoms with Gasteiger partial charge in [0.2, 0.25) is 0 Å². The molecule has 1 aromatic carbocycles. The molecule has 0 spiro atoms. The van der Waals surface area contributed by atoms with E-state index in [1.165, 1.54) is 0 Å². The number of halogens is 1. The third kappa shape index (κ3) is 2.97. The second-order valence-electron chi connectivity index (χ2n) is 4.55. The fourth-order valence-corrected chi connectivity index (χ4v) is 2.44. The average molecular weight is 369 g/mol. The van der Waals surface area contributed by atoms with E-state index in [1.807, 2.05) is 42.9 Å². The molecule has 0 radical (unpaired) electrons. The van der Waals surface area contributed by atoms with Gasteiger partial charge in [-0.1, -0.05) is 12.1 Å². The molecule has 1 aromatic heterocycles. The summed E-state index contributed by atoms with van der Waals surface area (Å²) < 4.78 is 2.93. The fraction of sp³-hybridized carbons (Fsp3) is 0.286. The van der Waals surface area contributed by atoms with Crippen molar-refractivity contribution < 1.29 is 4.79 Å². The molecule has 0 aliphatic rings. The lowest BCUT2D eigenvalue weighted by Crippen LogP contribution is -2.28. The van der Waals surface area contributed by atoms with Crippen molar-refractivity contribution in [3.63, 3.8) is 0 Å². The lowest BCUT2D eigenvalue weighted by Gasteiger charge is -2.18. The maximum atomic E-state index is 12.4. The number of carbonyl (C=O) groups excluding carboxylic acids is 1. The summed E-state index contributed by atoms with van der Waals surface area (Å²) in [5, 5.41) is 0. The van der Waals surface area contributed by atoms with E-state index in [0.29, 0.717) is 6.54 Å². The smallest absolute Gasteiger partial charge is 0.255 e. The zero-order valence-corrected chi connectivity index (χ0v) is 13.4. The van der Waals surface area contributed by atoms with Crippen LogP contribution in [0.2, 0.25) is 0 Å². The number of aryl methyl sites for hydroxylation is 2. The van der Waals surface area contributed by atoms with Crippen molar-refractivity contribution in [1.82, 2.24) is 14.5 Å². The van der Waals surface area contributed by atoms with Gasteiger partial charge in [0.05, 0.1) is 12.1 Å². The van der Waals surface area contributed by atoms with Gasteiger partial charge < -0.3 is 9.47 Å². The first-order valence-electron chi connectivity index (χ1n) is 5.97. The summed E-state index contributed by atoms with van der Waals surface area (Å²) in [4.78, 5) is 18.4. The normalized spacial score (nSPS) is 10.5. The third-order valence-corrected chi connectivity index (χ3v) is 4.50. The molecular weight excluding hydrogens is 353 g/mol. The summed E-state index contributed by atoms with van der Waals surface area (Å²) in [6.45, 7) is 2.52.